The molecule has 0 saturated carbocycles. The molecule has 8 nitrogen and oxygen atoms in total. The predicted octanol–water partition coefficient (Wildman–Crippen LogP) is -2.86. The molecular weight excluding hydrogens is 222 g/mol. The number of hydrogen-bond acceptors (Lipinski definition) is 7. The van der Waals surface area contributed by atoms with Crippen LogP contribution in [0.1, 0.15) is 0 Å². The summed E-state index contributed by atoms with van der Waals surface area (Å²) in [4.78, 5) is 10.7. The van der Waals surface area contributed by atoms with Gasteiger partial charge < -0.3 is 35.2 Å². The molecule has 0 aliphatic carbocycles. The first-order chi connectivity index (χ1) is 7.47. The van der Waals surface area contributed by atoms with E-state index in [2.05, 4.69) is 10.1 Å². The number of ether oxygens (including phenoxy) is 2. The van der Waals surface area contributed by atoms with Crippen molar-refractivity contribution < 1.29 is 34.7 Å². The largest absolute Gasteiger partial charge is 0.447 e. The minimum atomic E-state index is -1.63. The average molecular weight is 237 g/mol. The van der Waals surface area contributed by atoms with Gasteiger partial charge in [0.25, 0.3) is 0 Å². The van der Waals surface area contributed by atoms with Gasteiger partial charge in [-0.2, -0.15) is 0 Å². The van der Waals surface area contributed by atoms with Crippen LogP contribution in [0.2, 0.25) is 0 Å². The maximum atomic E-state index is 10.7. The third kappa shape index (κ3) is 2.80. The lowest BCUT2D eigenvalue weighted by Gasteiger charge is -2.37. The average Bonchev–Trinajstić information content (AvgIpc) is 2.28. The summed E-state index contributed by atoms with van der Waals surface area (Å²) in [5.74, 6) is 0. The van der Waals surface area contributed by atoms with E-state index < -0.39 is 36.8 Å². The molecule has 94 valence electrons. The summed E-state index contributed by atoms with van der Waals surface area (Å²) in [6.07, 6.45) is -8.04. The summed E-state index contributed by atoms with van der Waals surface area (Å²) in [5, 5.41) is 39.3. The Balaban J connectivity index is 2.50. The van der Waals surface area contributed by atoms with E-state index >= 15 is 0 Å². The molecule has 0 bridgehead atoms. The molecule has 0 aromatic heterocycles. The lowest BCUT2D eigenvalue weighted by Crippen LogP contribution is -2.58. The fraction of sp³-hybridized carbons (Fsp3) is 0.875. The van der Waals surface area contributed by atoms with Gasteiger partial charge in [0.1, 0.15) is 31.0 Å². The van der Waals surface area contributed by atoms with Crippen LogP contribution >= 0.6 is 0 Å². The smallest absolute Gasteiger partial charge is 0.406 e. The van der Waals surface area contributed by atoms with Crippen LogP contribution in [0.25, 0.3) is 0 Å². The van der Waals surface area contributed by atoms with E-state index in [0.717, 1.165) is 0 Å². The van der Waals surface area contributed by atoms with E-state index in [-0.39, 0.29) is 6.61 Å². The van der Waals surface area contributed by atoms with E-state index in [9.17, 15) is 15.0 Å². The van der Waals surface area contributed by atoms with E-state index in [1.165, 1.54) is 7.05 Å². The van der Waals surface area contributed by atoms with E-state index in [0.29, 0.717) is 0 Å². The molecule has 5 atom stereocenters. The highest BCUT2D eigenvalue weighted by molar-refractivity contribution is 5.66. The second-order valence-corrected chi connectivity index (χ2v) is 3.39. The van der Waals surface area contributed by atoms with Gasteiger partial charge in [0.15, 0.2) is 6.29 Å². The zero-order valence-corrected chi connectivity index (χ0v) is 8.61. The van der Waals surface area contributed by atoms with E-state index in [4.69, 9.17) is 14.9 Å². The molecule has 5 unspecified atom stereocenters. The zero-order chi connectivity index (χ0) is 12.3. The highest BCUT2D eigenvalue weighted by atomic mass is 16.7. The van der Waals surface area contributed by atoms with Gasteiger partial charge in [0, 0.05) is 7.05 Å². The number of carbonyl (C=O) groups is 1. The maximum absolute atomic E-state index is 10.7. The van der Waals surface area contributed by atoms with Crippen LogP contribution in [0.5, 0.6) is 0 Å². The first-order valence-electron chi connectivity index (χ1n) is 4.69. The van der Waals surface area contributed by atoms with Crippen molar-refractivity contribution in [1.29, 1.82) is 0 Å². The standard InChI is InChI=1S/C8H15NO7/c1-9-8(14)15-2-3-4(10)5(11)6(12)7(13)16-3/h3-7,10-13H,2H2,1H3,(H,9,14). The minimum Gasteiger partial charge on any atom is -0.447 e. The van der Waals surface area contributed by atoms with Crippen molar-refractivity contribution in [2.75, 3.05) is 13.7 Å². The fourth-order valence-corrected chi connectivity index (χ4v) is 1.30. The van der Waals surface area contributed by atoms with Crippen molar-refractivity contribution in [3.05, 3.63) is 0 Å². The van der Waals surface area contributed by atoms with Gasteiger partial charge in [-0.15, -0.1) is 0 Å². The second-order valence-electron chi connectivity index (χ2n) is 3.39. The van der Waals surface area contributed by atoms with Gasteiger partial charge in [-0.25, -0.2) is 4.79 Å². The van der Waals surface area contributed by atoms with Crippen molar-refractivity contribution in [3.8, 4) is 0 Å². The van der Waals surface area contributed by atoms with Crippen LogP contribution < -0.4 is 5.32 Å². The Labute approximate surface area is 91.4 Å². The molecule has 1 aliphatic heterocycles. The Morgan fingerprint density at radius 1 is 1.25 bits per heavy atom. The molecular formula is C8H15NO7. The molecule has 0 radical (unpaired) electrons. The van der Waals surface area contributed by atoms with Crippen molar-refractivity contribution in [3.63, 3.8) is 0 Å². The summed E-state index contributed by atoms with van der Waals surface area (Å²) < 4.78 is 9.36. The molecule has 5 N–H and O–H groups in total. The Hall–Kier alpha value is -0.930. The monoisotopic (exact) mass is 237 g/mol. The van der Waals surface area contributed by atoms with Crippen LogP contribution in [0.4, 0.5) is 4.79 Å². The number of carbonyl (C=O) groups excluding carboxylic acids is 1. The molecule has 1 amide bonds. The van der Waals surface area contributed by atoms with Gasteiger partial charge in [-0.05, 0) is 0 Å². The Morgan fingerprint density at radius 2 is 1.88 bits per heavy atom. The van der Waals surface area contributed by atoms with Crippen molar-refractivity contribution >= 4 is 6.09 Å². The van der Waals surface area contributed by atoms with Crippen LogP contribution in [0.15, 0.2) is 0 Å². The molecule has 1 fully saturated rings. The Morgan fingerprint density at radius 3 is 2.44 bits per heavy atom. The van der Waals surface area contributed by atoms with Gasteiger partial charge >= 0.3 is 6.09 Å². The molecule has 1 aliphatic rings. The highest BCUT2D eigenvalue weighted by Gasteiger charge is 2.43. The number of aliphatic hydroxyl groups is 4. The summed E-state index contributed by atoms with van der Waals surface area (Å²) in [5.41, 5.74) is 0. The number of aliphatic hydroxyl groups excluding tert-OH is 4. The number of nitrogens with one attached hydrogen (secondary N) is 1. The Kier molecular flexibility index (Phi) is 4.44. The lowest BCUT2D eigenvalue weighted by molar-refractivity contribution is -0.286. The van der Waals surface area contributed by atoms with Gasteiger partial charge in [-0.1, -0.05) is 0 Å². The second kappa shape index (κ2) is 5.41. The predicted molar refractivity (Wildman–Crippen MR) is 49.3 cm³/mol. The first-order valence-corrected chi connectivity index (χ1v) is 4.69. The van der Waals surface area contributed by atoms with Crippen molar-refractivity contribution in [2.24, 2.45) is 0 Å². The molecule has 8 heteroatoms. The topological polar surface area (TPSA) is 128 Å². The van der Waals surface area contributed by atoms with Crippen molar-refractivity contribution in [2.45, 2.75) is 30.7 Å². The normalized spacial score (nSPS) is 39.2. The lowest BCUT2D eigenvalue weighted by atomic mass is 9.99. The van der Waals surface area contributed by atoms with Crippen LogP contribution in [-0.2, 0) is 9.47 Å². The summed E-state index contributed by atoms with van der Waals surface area (Å²) >= 11 is 0. The molecule has 0 aromatic rings. The highest BCUT2D eigenvalue weighted by Crippen LogP contribution is 2.19. The minimum absolute atomic E-state index is 0.346. The van der Waals surface area contributed by atoms with Crippen molar-refractivity contribution in [1.82, 2.24) is 5.32 Å². The maximum Gasteiger partial charge on any atom is 0.406 e. The molecule has 16 heavy (non-hydrogen) atoms. The third-order valence-corrected chi connectivity index (χ3v) is 2.27. The van der Waals surface area contributed by atoms with Crippen LogP contribution in [0, 0.1) is 0 Å². The fourth-order valence-electron chi connectivity index (χ4n) is 1.30. The summed E-state index contributed by atoms with van der Waals surface area (Å²) in [6.45, 7) is -0.346. The number of alkyl carbamates (subject to hydrolysis) is 1. The number of hydrogen-bond donors (Lipinski definition) is 5. The molecule has 0 aromatic carbocycles. The van der Waals surface area contributed by atoms with E-state index in [1.54, 1.807) is 0 Å². The first kappa shape index (κ1) is 13.1. The summed E-state index contributed by atoms with van der Waals surface area (Å²) in [7, 11) is 1.36. The Bertz CT molecular complexity index is 249. The SMILES string of the molecule is CNC(=O)OCC1OC(O)C(O)C(O)C1O. The van der Waals surface area contributed by atoms with Crippen LogP contribution in [0.3, 0.4) is 0 Å². The molecule has 1 rings (SSSR count). The number of amides is 1. The zero-order valence-electron chi connectivity index (χ0n) is 8.61. The van der Waals surface area contributed by atoms with Gasteiger partial charge in [0.05, 0.1) is 0 Å². The van der Waals surface area contributed by atoms with E-state index in [1.807, 2.05) is 0 Å². The van der Waals surface area contributed by atoms with Crippen LogP contribution in [-0.4, -0.2) is 70.9 Å². The molecule has 0 spiro atoms. The third-order valence-electron chi connectivity index (χ3n) is 2.27. The quantitative estimate of drug-likeness (QED) is 0.349. The summed E-state index contributed by atoms with van der Waals surface area (Å²) in [6, 6.07) is 0. The number of rotatable bonds is 2. The van der Waals surface area contributed by atoms with Gasteiger partial charge in [-0.3, -0.25) is 0 Å². The molecule has 1 heterocycles. The van der Waals surface area contributed by atoms with Gasteiger partial charge in [0.2, 0.25) is 0 Å². The molecule has 1 saturated heterocycles.